The maximum absolute atomic E-state index is 13.1. The van der Waals surface area contributed by atoms with E-state index in [0.717, 1.165) is 16.8 Å². The first kappa shape index (κ1) is 19.6. The van der Waals surface area contributed by atoms with Crippen molar-refractivity contribution in [3.05, 3.63) is 64.4 Å². The maximum atomic E-state index is 13.1. The van der Waals surface area contributed by atoms with Crippen molar-refractivity contribution in [1.29, 1.82) is 0 Å². The van der Waals surface area contributed by atoms with Crippen LogP contribution in [-0.4, -0.2) is 25.2 Å². The Morgan fingerprint density at radius 2 is 1.90 bits per heavy atom. The molecule has 0 bridgehead atoms. The molecular weight excluding hydrogens is 382 g/mol. The molecule has 0 unspecified atom stereocenters. The van der Waals surface area contributed by atoms with E-state index in [1.807, 2.05) is 63.2 Å². The quantitative estimate of drug-likeness (QED) is 0.546. The molecule has 1 amide bonds. The number of aromatic nitrogens is 4. The summed E-state index contributed by atoms with van der Waals surface area (Å²) in [6, 6.07) is 13.0. The van der Waals surface area contributed by atoms with E-state index in [4.69, 9.17) is 4.52 Å². The van der Waals surface area contributed by atoms with Gasteiger partial charge in [-0.3, -0.25) is 13.9 Å². The lowest BCUT2D eigenvalue weighted by molar-refractivity contribution is -0.116. The van der Waals surface area contributed by atoms with Crippen molar-refractivity contribution >= 4 is 22.6 Å². The topological polar surface area (TPSA) is 95.0 Å². The van der Waals surface area contributed by atoms with Crippen LogP contribution in [0.4, 0.5) is 5.69 Å². The van der Waals surface area contributed by atoms with Crippen LogP contribution in [0.25, 0.3) is 22.4 Å². The van der Waals surface area contributed by atoms with E-state index in [1.54, 1.807) is 11.5 Å². The van der Waals surface area contributed by atoms with Gasteiger partial charge >= 0.3 is 5.69 Å². The first-order valence-electron chi connectivity index (χ1n) is 9.76. The van der Waals surface area contributed by atoms with Gasteiger partial charge in [0, 0.05) is 24.2 Å². The summed E-state index contributed by atoms with van der Waals surface area (Å²) in [5.74, 6) is 0.630. The van der Waals surface area contributed by atoms with E-state index in [-0.39, 0.29) is 24.2 Å². The van der Waals surface area contributed by atoms with Gasteiger partial charge in [0.25, 0.3) is 0 Å². The van der Waals surface area contributed by atoms with Crippen LogP contribution in [0.2, 0.25) is 0 Å². The zero-order valence-corrected chi connectivity index (χ0v) is 17.3. The van der Waals surface area contributed by atoms with E-state index in [1.165, 1.54) is 4.57 Å². The summed E-state index contributed by atoms with van der Waals surface area (Å²) in [6.07, 6.45) is 0. The molecule has 0 aliphatic rings. The summed E-state index contributed by atoms with van der Waals surface area (Å²) >= 11 is 0. The lowest BCUT2D eigenvalue weighted by atomic mass is 10.2. The Labute approximate surface area is 173 Å². The van der Waals surface area contributed by atoms with Crippen molar-refractivity contribution < 1.29 is 9.32 Å². The van der Waals surface area contributed by atoms with Crippen LogP contribution in [0.5, 0.6) is 0 Å². The molecule has 154 valence electrons. The fourth-order valence-corrected chi connectivity index (χ4v) is 3.53. The highest BCUT2D eigenvalue weighted by Gasteiger charge is 2.19. The Kier molecular flexibility index (Phi) is 4.99. The Hall–Kier alpha value is -3.68. The summed E-state index contributed by atoms with van der Waals surface area (Å²) in [4.78, 5) is 30.1. The number of hydrogen-bond acceptors (Lipinski definition) is 5. The molecule has 2 aromatic heterocycles. The number of anilines is 1. The number of imidazole rings is 1. The van der Waals surface area contributed by atoms with Crippen LogP contribution in [0.1, 0.15) is 31.3 Å². The van der Waals surface area contributed by atoms with Crippen LogP contribution in [0.3, 0.4) is 0 Å². The second kappa shape index (κ2) is 7.62. The van der Waals surface area contributed by atoms with Crippen LogP contribution in [0, 0.1) is 13.8 Å². The monoisotopic (exact) mass is 405 g/mol. The minimum atomic E-state index is -0.269. The third-order valence-electron chi connectivity index (χ3n) is 4.99. The number of aryl methyl sites for hydroxylation is 2. The van der Waals surface area contributed by atoms with E-state index >= 15 is 0 Å². The number of nitrogens with one attached hydrogen (secondary N) is 1. The van der Waals surface area contributed by atoms with Gasteiger partial charge in [-0.15, -0.1) is 0 Å². The zero-order valence-electron chi connectivity index (χ0n) is 17.3. The van der Waals surface area contributed by atoms with Crippen LogP contribution < -0.4 is 11.0 Å². The Morgan fingerprint density at radius 1 is 1.13 bits per heavy atom. The number of carbonyl (C=O) groups is 1. The smallest absolute Gasteiger partial charge is 0.329 e. The SMILES string of the molecule is Cc1nc(-c2ccc3c(c2)n(CC(=O)Nc2ccccc2C)c(=O)n3C(C)C)no1. The van der Waals surface area contributed by atoms with Gasteiger partial charge in [-0.2, -0.15) is 4.98 Å². The second-order valence-electron chi connectivity index (χ2n) is 7.54. The highest BCUT2D eigenvalue weighted by atomic mass is 16.5. The number of fused-ring (bicyclic) bond motifs is 1. The lowest BCUT2D eigenvalue weighted by Crippen LogP contribution is -2.30. The van der Waals surface area contributed by atoms with Crippen LogP contribution in [0.15, 0.2) is 51.8 Å². The Morgan fingerprint density at radius 3 is 2.57 bits per heavy atom. The molecule has 2 aromatic carbocycles. The van der Waals surface area contributed by atoms with Gasteiger partial charge in [0.2, 0.25) is 17.6 Å². The van der Waals surface area contributed by atoms with Gasteiger partial charge in [-0.1, -0.05) is 23.4 Å². The fraction of sp³-hybridized carbons (Fsp3) is 0.273. The van der Waals surface area contributed by atoms with Crippen molar-refractivity contribution in [2.24, 2.45) is 0 Å². The van der Waals surface area contributed by atoms with Crippen molar-refractivity contribution in [2.75, 3.05) is 5.32 Å². The molecule has 2 heterocycles. The fourth-order valence-electron chi connectivity index (χ4n) is 3.53. The normalized spacial score (nSPS) is 11.4. The number of hydrogen-bond donors (Lipinski definition) is 1. The summed E-state index contributed by atoms with van der Waals surface area (Å²) < 4.78 is 8.24. The van der Waals surface area contributed by atoms with Gasteiger partial charge in [-0.05, 0) is 50.6 Å². The molecule has 4 aromatic rings. The number of benzene rings is 2. The van der Waals surface area contributed by atoms with Gasteiger partial charge in [0.05, 0.1) is 11.0 Å². The van der Waals surface area contributed by atoms with Crippen molar-refractivity contribution in [3.63, 3.8) is 0 Å². The van der Waals surface area contributed by atoms with Crippen molar-refractivity contribution in [1.82, 2.24) is 19.3 Å². The van der Waals surface area contributed by atoms with E-state index in [0.29, 0.717) is 22.8 Å². The minimum Gasteiger partial charge on any atom is -0.339 e. The van der Waals surface area contributed by atoms with Crippen LogP contribution >= 0.6 is 0 Å². The number of rotatable bonds is 5. The standard InChI is InChI=1S/C22H23N5O3/c1-13(2)27-18-10-9-16(21-23-15(4)30-25-21)11-19(18)26(22(27)29)12-20(28)24-17-8-6-5-7-14(17)3/h5-11,13H,12H2,1-4H3,(H,24,28). The second-order valence-corrected chi connectivity index (χ2v) is 7.54. The lowest BCUT2D eigenvalue weighted by Gasteiger charge is -2.09. The van der Waals surface area contributed by atoms with Gasteiger partial charge < -0.3 is 9.84 Å². The summed E-state index contributed by atoms with van der Waals surface area (Å²) in [5, 5.41) is 6.84. The highest BCUT2D eigenvalue weighted by molar-refractivity contribution is 5.92. The highest BCUT2D eigenvalue weighted by Crippen LogP contribution is 2.24. The molecule has 0 atom stereocenters. The van der Waals surface area contributed by atoms with Crippen LogP contribution in [-0.2, 0) is 11.3 Å². The van der Waals surface area contributed by atoms with Crippen molar-refractivity contribution in [3.8, 4) is 11.4 Å². The summed E-state index contributed by atoms with van der Waals surface area (Å²) in [5.41, 5.74) is 3.56. The largest absolute Gasteiger partial charge is 0.339 e. The summed E-state index contributed by atoms with van der Waals surface area (Å²) in [6.45, 7) is 7.42. The molecule has 0 saturated carbocycles. The molecule has 8 nitrogen and oxygen atoms in total. The first-order valence-corrected chi connectivity index (χ1v) is 9.76. The first-order chi connectivity index (χ1) is 14.3. The molecule has 4 rings (SSSR count). The molecular formula is C22H23N5O3. The average Bonchev–Trinajstić information content (AvgIpc) is 3.25. The number of para-hydroxylation sites is 1. The summed E-state index contributed by atoms with van der Waals surface area (Å²) in [7, 11) is 0. The van der Waals surface area contributed by atoms with Gasteiger partial charge in [0.15, 0.2) is 0 Å². The molecule has 0 aliphatic carbocycles. The molecule has 0 radical (unpaired) electrons. The molecule has 0 aliphatic heterocycles. The molecule has 8 heteroatoms. The van der Waals surface area contributed by atoms with E-state index < -0.39 is 0 Å². The predicted molar refractivity (Wildman–Crippen MR) is 114 cm³/mol. The van der Waals surface area contributed by atoms with E-state index in [9.17, 15) is 9.59 Å². The molecule has 0 saturated heterocycles. The number of nitrogens with zero attached hydrogens (tertiary/aromatic N) is 4. The van der Waals surface area contributed by atoms with Crippen molar-refractivity contribution in [2.45, 2.75) is 40.3 Å². The zero-order chi connectivity index (χ0) is 21.4. The predicted octanol–water partition coefficient (Wildman–Crippen LogP) is 3.69. The molecule has 0 fully saturated rings. The molecule has 1 N–H and O–H groups in total. The Balaban J connectivity index is 1.77. The number of carbonyl (C=O) groups excluding carboxylic acids is 1. The maximum Gasteiger partial charge on any atom is 0.329 e. The van der Waals surface area contributed by atoms with E-state index in [2.05, 4.69) is 15.5 Å². The minimum absolute atomic E-state index is 0.0565. The Bertz CT molecular complexity index is 1300. The molecule has 30 heavy (non-hydrogen) atoms. The van der Waals surface area contributed by atoms with Gasteiger partial charge in [-0.25, -0.2) is 4.79 Å². The molecule has 0 spiro atoms. The number of amides is 1. The third kappa shape index (κ3) is 3.52. The third-order valence-corrected chi connectivity index (χ3v) is 4.99. The average molecular weight is 405 g/mol. The van der Waals surface area contributed by atoms with Gasteiger partial charge in [0.1, 0.15) is 6.54 Å².